The van der Waals surface area contributed by atoms with Crippen molar-refractivity contribution in [3.63, 3.8) is 0 Å². The third-order valence-electron chi connectivity index (χ3n) is 3.21. The van der Waals surface area contributed by atoms with Gasteiger partial charge >= 0.3 is 0 Å². The first kappa shape index (κ1) is 17.5. The average molecular weight is 333 g/mol. The van der Waals surface area contributed by atoms with E-state index in [9.17, 15) is 9.59 Å². The standard InChI is InChI=1S/C16H19N3O5/c1-22-9-7-19(11-15(20)17-14-6-8-24-18-14)16(21)12-4-3-5-13(10-12)23-2/h3-6,8,10H,7,9,11H2,1-2H3,(H,17,18,20). The Labute approximate surface area is 139 Å². The van der Waals surface area contributed by atoms with Crippen LogP contribution in [0.1, 0.15) is 10.4 Å². The Hall–Kier alpha value is -2.87. The van der Waals surface area contributed by atoms with Crippen molar-refractivity contribution in [2.75, 3.05) is 39.2 Å². The number of methoxy groups -OCH3 is 2. The number of ether oxygens (including phenoxy) is 2. The lowest BCUT2D eigenvalue weighted by Gasteiger charge is -2.22. The molecule has 0 aliphatic carbocycles. The summed E-state index contributed by atoms with van der Waals surface area (Å²) < 4.78 is 14.8. The van der Waals surface area contributed by atoms with Crippen LogP contribution in [0.2, 0.25) is 0 Å². The Morgan fingerprint density at radius 1 is 1.29 bits per heavy atom. The second-order valence-corrected chi connectivity index (χ2v) is 4.88. The van der Waals surface area contributed by atoms with Crippen molar-refractivity contribution in [1.29, 1.82) is 0 Å². The molecule has 128 valence electrons. The Kier molecular flexibility index (Phi) is 6.32. The zero-order chi connectivity index (χ0) is 17.4. The maximum Gasteiger partial charge on any atom is 0.254 e. The topological polar surface area (TPSA) is 93.9 Å². The summed E-state index contributed by atoms with van der Waals surface area (Å²) in [7, 11) is 3.06. The van der Waals surface area contributed by atoms with Crippen molar-refractivity contribution in [2.24, 2.45) is 0 Å². The van der Waals surface area contributed by atoms with Crippen LogP contribution < -0.4 is 10.1 Å². The van der Waals surface area contributed by atoms with Crippen molar-refractivity contribution in [2.45, 2.75) is 0 Å². The van der Waals surface area contributed by atoms with Gasteiger partial charge in [0.25, 0.3) is 5.91 Å². The Morgan fingerprint density at radius 2 is 2.12 bits per heavy atom. The predicted octanol–water partition coefficient (Wildman–Crippen LogP) is 1.41. The second kappa shape index (κ2) is 8.68. The monoisotopic (exact) mass is 333 g/mol. The van der Waals surface area contributed by atoms with E-state index < -0.39 is 0 Å². The zero-order valence-electron chi connectivity index (χ0n) is 13.5. The Morgan fingerprint density at radius 3 is 2.79 bits per heavy atom. The van der Waals surface area contributed by atoms with E-state index >= 15 is 0 Å². The second-order valence-electron chi connectivity index (χ2n) is 4.88. The molecule has 8 heteroatoms. The quantitative estimate of drug-likeness (QED) is 0.785. The van der Waals surface area contributed by atoms with Crippen molar-refractivity contribution in [3.05, 3.63) is 42.2 Å². The third-order valence-corrected chi connectivity index (χ3v) is 3.21. The molecule has 24 heavy (non-hydrogen) atoms. The highest BCUT2D eigenvalue weighted by molar-refractivity contribution is 5.99. The van der Waals surface area contributed by atoms with E-state index in [1.807, 2.05) is 0 Å². The molecular formula is C16H19N3O5. The highest BCUT2D eigenvalue weighted by atomic mass is 16.5. The molecule has 0 fully saturated rings. The molecule has 1 heterocycles. The molecule has 1 aromatic heterocycles. The molecule has 0 spiro atoms. The maximum atomic E-state index is 12.7. The molecule has 2 rings (SSSR count). The number of benzene rings is 1. The molecule has 0 saturated heterocycles. The van der Waals surface area contributed by atoms with Crippen LogP contribution in [0.15, 0.2) is 41.1 Å². The fourth-order valence-electron chi connectivity index (χ4n) is 2.03. The van der Waals surface area contributed by atoms with Crippen LogP contribution in [-0.2, 0) is 9.53 Å². The van der Waals surface area contributed by atoms with Gasteiger partial charge in [0, 0.05) is 25.3 Å². The average Bonchev–Trinajstić information content (AvgIpc) is 3.10. The molecule has 0 radical (unpaired) electrons. The van der Waals surface area contributed by atoms with E-state index in [4.69, 9.17) is 9.47 Å². The zero-order valence-corrected chi connectivity index (χ0v) is 13.5. The minimum Gasteiger partial charge on any atom is -0.497 e. The summed E-state index contributed by atoms with van der Waals surface area (Å²) in [5.41, 5.74) is 0.430. The number of hydrogen-bond donors (Lipinski definition) is 1. The van der Waals surface area contributed by atoms with Gasteiger partial charge in [0.15, 0.2) is 5.82 Å². The van der Waals surface area contributed by atoms with E-state index in [-0.39, 0.29) is 24.9 Å². The number of hydrogen-bond acceptors (Lipinski definition) is 6. The molecular weight excluding hydrogens is 314 g/mol. The van der Waals surface area contributed by atoms with Crippen LogP contribution >= 0.6 is 0 Å². The molecule has 2 aromatic rings. The summed E-state index contributed by atoms with van der Waals surface area (Å²) in [4.78, 5) is 26.1. The van der Waals surface area contributed by atoms with Crippen molar-refractivity contribution >= 4 is 17.6 Å². The fraction of sp³-hybridized carbons (Fsp3) is 0.312. The molecule has 1 aromatic carbocycles. The SMILES string of the molecule is COCCN(CC(=O)Nc1ccon1)C(=O)c1cccc(OC)c1. The highest BCUT2D eigenvalue weighted by Gasteiger charge is 2.19. The molecule has 0 saturated carbocycles. The minimum atomic E-state index is -0.378. The predicted molar refractivity (Wildman–Crippen MR) is 85.9 cm³/mol. The van der Waals surface area contributed by atoms with Crippen molar-refractivity contribution in [3.8, 4) is 5.75 Å². The highest BCUT2D eigenvalue weighted by Crippen LogP contribution is 2.14. The largest absolute Gasteiger partial charge is 0.497 e. The number of amides is 2. The van der Waals surface area contributed by atoms with Crippen LogP contribution in [0.4, 0.5) is 5.82 Å². The van der Waals surface area contributed by atoms with Gasteiger partial charge in [0.2, 0.25) is 5.91 Å². The number of anilines is 1. The van der Waals surface area contributed by atoms with Gasteiger partial charge in [-0.05, 0) is 18.2 Å². The number of nitrogens with one attached hydrogen (secondary N) is 1. The van der Waals surface area contributed by atoms with Crippen LogP contribution in [0.5, 0.6) is 5.75 Å². The first-order valence-corrected chi connectivity index (χ1v) is 7.26. The van der Waals surface area contributed by atoms with Gasteiger partial charge in [-0.25, -0.2) is 0 Å². The third kappa shape index (κ3) is 4.82. The summed E-state index contributed by atoms with van der Waals surface area (Å²) >= 11 is 0. The molecule has 0 aliphatic heterocycles. The van der Waals surface area contributed by atoms with E-state index in [1.54, 1.807) is 24.3 Å². The van der Waals surface area contributed by atoms with Gasteiger partial charge < -0.3 is 24.2 Å². The Bertz CT molecular complexity index is 672. The van der Waals surface area contributed by atoms with Gasteiger partial charge in [0.1, 0.15) is 18.6 Å². The first-order chi connectivity index (χ1) is 11.6. The van der Waals surface area contributed by atoms with Gasteiger partial charge in [-0.2, -0.15) is 0 Å². The summed E-state index contributed by atoms with van der Waals surface area (Å²) in [5.74, 6) is 0.192. The normalized spacial score (nSPS) is 10.2. The van der Waals surface area contributed by atoms with Crippen LogP contribution in [0.25, 0.3) is 0 Å². The lowest BCUT2D eigenvalue weighted by molar-refractivity contribution is -0.117. The van der Waals surface area contributed by atoms with E-state index in [2.05, 4.69) is 15.0 Å². The van der Waals surface area contributed by atoms with Crippen LogP contribution in [0, 0.1) is 0 Å². The van der Waals surface area contributed by atoms with E-state index in [0.717, 1.165) is 0 Å². The first-order valence-electron chi connectivity index (χ1n) is 7.26. The maximum absolute atomic E-state index is 12.7. The molecule has 0 atom stereocenters. The number of aromatic nitrogens is 1. The molecule has 8 nitrogen and oxygen atoms in total. The molecule has 1 N–H and O–H groups in total. The number of nitrogens with zero attached hydrogens (tertiary/aromatic N) is 2. The van der Waals surface area contributed by atoms with Gasteiger partial charge in [-0.15, -0.1) is 0 Å². The molecule has 2 amide bonds. The molecule has 0 bridgehead atoms. The minimum absolute atomic E-state index is 0.133. The molecule has 0 unspecified atom stereocenters. The summed E-state index contributed by atoms with van der Waals surface area (Å²) in [5, 5.41) is 6.15. The smallest absolute Gasteiger partial charge is 0.254 e. The van der Waals surface area contributed by atoms with Crippen LogP contribution in [0.3, 0.4) is 0 Å². The summed E-state index contributed by atoms with van der Waals surface area (Å²) in [6.45, 7) is 0.456. The summed E-state index contributed by atoms with van der Waals surface area (Å²) in [6, 6.07) is 8.27. The summed E-state index contributed by atoms with van der Waals surface area (Å²) in [6.07, 6.45) is 1.35. The molecule has 0 aliphatic rings. The van der Waals surface area contributed by atoms with Crippen molar-refractivity contribution in [1.82, 2.24) is 10.1 Å². The van der Waals surface area contributed by atoms with E-state index in [0.29, 0.717) is 23.7 Å². The number of carbonyl (C=O) groups is 2. The lowest BCUT2D eigenvalue weighted by Crippen LogP contribution is -2.40. The van der Waals surface area contributed by atoms with Gasteiger partial charge in [-0.3, -0.25) is 9.59 Å². The van der Waals surface area contributed by atoms with Gasteiger partial charge in [0.05, 0.1) is 13.7 Å². The fourth-order valence-corrected chi connectivity index (χ4v) is 2.03. The van der Waals surface area contributed by atoms with E-state index in [1.165, 1.54) is 31.4 Å². The number of carbonyl (C=O) groups excluding carboxylic acids is 2. The lowest BCUT2D eigenvalue weighted by atomic mass is 10.2. The number of rotatable bonds is 8. The van der Waals surface area contributed by atoms with Crippen LogP contribution in [-0.4, -0.2) is 55.8 Å². The Balaban J connectivity index is 2.08. The van der Waals surface area contributed by atoms with Gasteiger partial charge in [-0.1, -0.05) is 11.2 Å². The van der Waals surface area contributed by atoms with Crippen molar-refractivity contribution < 1.29 is 23.6 Å².